The predicted octanol–water partition coefficient (Wildman–Crippen LogP) is -0.809. The molecule has 0 aromatic rings. The number of carbonyl (C=O) groups is 5. The van der Waals surface area contributed by atoms with E-state index in [1.54, 1.807) is 0 Å². The van der Waals surface area contributed by atoms with E-state index in [9.17, 15) is 32.4 Å². The van der Waals surface area contributed by atoms with Gasteiger partial charge < -0.3 is 4.84 Å². The summed E-state index contributed by atoms with van der Waals surface area (Å²) in [6.07, 6.45) is 3.42. The molecule has 0 spiro atoms. The van der Waals surface area contributed by atoms with Crippen molar-refractivity contribution >= 4 is 39.7 Å². The van der Waals surface area contributed by atoms with Crippen molar-refractivity contribution in [3.8, 4) is 0 Å². The molecule has 2 fully saturated rings. The first-order valence-corrected chi connectivity index (χ1v) is 10.2. The molecule has 1 saturated carbocycles. The van der Waals surface area contributed by atoms with Gasteiger partial charge in [0.2, 0.25) is 0 Å². The molecule has 0 unspecified atom stereocenters. The molecule has 0 radical (unpaired) electrons. The Morgan fingerprint density at radius 3 is 2.14 bits per heavy atom. The molecular formula is C16H18N2O9S. The summed E-state index contributed by atoms with van der Waals surface area (Å²) in [7, 11) is -4.77. The second kappa shape index (κ2) is 7.43. The summed E-state index contributed by atoms with van der Waals surface area (Å²) in [4.78, 5) is 65.0. The van der Waals surface area contributed by atoms with E-state index in [-0.39, 0.29) is 29.3 Å². The molecule has 12 heteroatoms. The topological polar surface area (TPSA) is 155 Å². The van der Waals surface area contributed by atoms with Crippen LogP contribution >= 0.6 is 0 Å². The van der Waals surface area contributed by atoms with Crippen molar-refractivity contribution in [2.24, 2.45) is 11.8 Å². The quantitative estimate of drug-likeness (QED) is 0.449. The lowest BCUT2D eigenvalue weighted by molar-refractivity contribution is -0.201. The van der Waals surface area contributed by atoms with Gasteiger partial charge in [-0.05, 0) is 31.6 Å². The third-order valence-corrected chi connectivity index (χ3v) is 6.21. The zero-order chi connectivity index (χ0) is 20.6. The van der Waals surface area contributed by atoms with Crippen molar-refractivity contribution in [1.29, 1.82) is 0 Å². The number of hydrogen-bond donors (Lipinski definition) is 1. The van der Waals surface area contributed by atoms with Crippen molar-refractivity contribution in [2.75, 3.05) is 6.54 Å². The zero-order valence-electron chi connectivity index (χ0n) is 14.6. The van der Waals surface area contributed by atoms with Crippen molar-refractivity contribution in [1.82, 2.24) is 9.96 Å². The summed E-state index contributed by atoms with van der Waals surface area (Å²) < 4.78 is 31.2. The molecule has 28 heavy (non-hydrogen) atoms. The average molecular weight is 414 g/mol. The van der Waals surface area contributed by atoms with Gasteiger partial charge in [-0.1, -0.05) is 0 Å². The second-order valence-corrected chi connectivity index (χ2v) is 8.58. The smallest absolute Gasteiger partial charge is 0.330 e. The Labute approximate surface area is 160 Å². The van der Waals surface area contributed by atoms with Crippen molar-refractivity contribution < 1.29 is 41.8 Å². The zero-order valence-corrected chi connectivity index (χ0v) is 15.5. The molecule has 152 valence electrons. The second-order valence-electron chi connectivity index (χ2n) is 6.98. The van der Waals surface area contributed by atoms with E-state index in [1.165, 1.54) is 12.2 Å². The highest BCUT2D eigenvalue weighted by Gasteiger charge is 2.49. The number of imide groups is 2. The van der Waals surface area contributed by atoms with Crippen LogP contribution in [0.2, 0.25) is 0 Å². The monoisotopic (exact) mass is 414 g/mol. The van der Waals surface area contributed by atoms with Crippen molar-refractivity contribution in [3.63, 3.8) is 0 Å². The first-order chi connectivity index (χ1) is 13.1. The normalized spacial score (nSPS) is 28.4. The Kier molecular flexibility index (Phi) is 5.35. The molecule has 3 aliphatic rings. The maximum atomic E-state index is 12.2. The Morgan fingerprint density at radius 2 is 1.64 bits per heavy atom. The summed E-state index contributed by atoms with van der Waals surface area (Å²) in [5, 5.41) is -1.87. The molecular weight excluding hydrogens is 396 g/mol. The van der Waals surface area contributed by atoms with Crippen LogP contribution in [0.5, 0.6) is 0 Å². The largest absolute Gasteiger partial charge is 0.336 e. The van der Waals surface area contributed by atoms with Crippen molar-refractivity contribution in [3.05, 3.63) is 12.2 Å². The van der Waals surface area contributed by atoms with Gasteiger partial charge in [-0.2, -0.15) is 8.42 Å². The lowest BCUT2D eigenvalue weighted by Gasteiger charge is -2.29. The molecule has 2 aliphatic heterocycles. The van der Waals surface area contributed by atoms with Crippen LogP contribution in [0.4, 0.5) is 0 Å². The Balaban J connectivity index is 1.52. The highest BCUT2D eigenvalue weighted by molar-refractivity contribution is 7.87. The van der Waals surface area contributed by atoms with E-state index >= 15 is 0 Å². The van der Waals surface area contributed by atoms with E-state index in [0.717, 1.165) is 4.90 Å². The van der Waals surface area contributed by atoms with Crippen LogP contribution in [-0.4, -0.2) is 64.3 Å². The van der Waals surface area contributed by atoms with Gasteiger partial charge >= 0.3 is 5.97 Å². The van der Waals surface area contributed by atoms with Gasteiger partial charge in [-0.3, -0.25) is 28.6 Å². The fourth-order valence-corrected chi connectivity index (χ4v) is 4.23. The lowest BCUT2D eigenvalue weighted by atomic mass is 9.82. The van der Waals surface area contributed by atoms with E-state index in [1.807, 2.05) is 0 Å². The van der Waals surface area contributed by atoms with Crippen LogP contribution in [0.15, 0.2) is 12.2 Å². The van der Waals surface area contributed by atoms with Crippen LogP contribution in [0, 0.1) is 11.8 Å². The maximum Gasteiger partial charge on any atom is 0.336 e. The molecule has 1 aliphatic carbocycles. The third-order valence-electron chi connectivity index (χ3n) is 5.12. The minimum atomic E-state index is -4.77. The standard InChI is InChI=1S/C16H18N2O9S/c19-12-5-6-13(20)17(12)8-9-1-3-10(4-2-9)16(23)27-18-14(21)7-11(15(18)22)28(24,25)26/h5-6,9-11H,1-4,7-8H2,(H,24,25,26)/t9?,10?,11-/m1/s1. The third kappa shape index (κ3) is 3.97. The van der Waals surface area contributed by atoms with Crippen LogP contribution < -0.4 is 0 Å². The molecule has 1 saturated heterocycles. The number of nitrogens with zero attached hydrogens (tertiary/aromatic N) is 2. The summed E-state index contributed by atoms with van der Waals surface area (Å²) >= 11 is 0. The highest BCUT2D eigenvalue weighted by atomic mass is 32.2. The first kappa shape index (κ1) is 20.1. The van der Waals surface area contributed by atoms with Gasteiger partial charge in [-0.15, -0.1) is 5.06 Å². The Bertz CT molecular complexity index is 853. The molecule has 3 rings (SSSR count). The molecule has 0 bridgehead atoms. The van der Waals surface area contributed by atoms with Crippen LogP contribution in [-0.2, 0) is 38.9 Å². The van der Waals surface area contributed by atoms with E-state index in [4.69, 9.17) is 9.39 Å². The summed E-state index contributed by atoms with van der Waals surface area (Å²) in [6, 6.07) is 0. The lowest BCUT2D eigenvalue weighted by Crippen LogP contribution is -2.40. The van der Waals surface area contributed by atoms with Gasteiger partial charge in [0.25, 0.3) is 33.7 Å². The summed E-state index contributed by atoms with van der Waals surface area (Å²) in [5.74, 6) is -4.48. The molecule has 11 nitrogen and oxygen atoms in total. The molecule has 0 aromatic carbocycles. The van der Waals surface area contributed by atoms with E-state index in [2.05, 4.69) is 0 Å². The SMILES string of the molecule is O=C(ON1C(=O)C[C@@H](S(=O)(=O)O)C1=O)C1CCC(CN2C(=O)C=CC2=O)CC1. The molecule has 0 aromatic heterocycles. The maximum absolute atomic E-state index is 12.2. The van der Waals surface area contributed by atoms with E-state index in [0.29, 0.717) is 25.7 Å². The van der Waals surface area contributed by atoms with Crippen LogP contribution in [0.25, 0.3) is 0 Å². The van der Waals surface area contributed by atoms with Crippen LogP contribution in [0.3, 0.4) is 0 Å². The number of rotatable bonds is 5. The molecule has 4 amide bonds. The number of carbonyl (C=O) groups excluding carboxylic acids is 5. The number of hydroxylamine groups is 2. The fraction of sp³-hybridized carbons (Fsp3) is 0.562. The van der Waals surface area contributed by atoms with Gasteiger partial charge in [0.05, 0.1) is 12.3 Å². The highest BCUT2D eigenvalue weighted by Crippen LogP contribution is 2.31. The molecule has 1 atom stereocenters. The average Bonchev–Trinajstić information content (AvgIpc) is 3.09. The minimum absolute atomic E-state index is 0.0239. The summed E-state index contributed by atoms with van der Waals surface area (Å²) in [6.45, 7) is 0.256. The van der Waals surface area contributed by atoms with Crippen molar-refractivity contribution in [2.45, 2.75) is 37.4 Å². The van der Waals surface area contributed by atoms with Gasteiger partial charge in [0.15, 0.2) is 5.25 Å². The Morgan fingerprint density at radius 1 is 1.07 bits per heavy atom. The van der Waals surface area contributed by atoms with Gasteiger partial charge in [0, 0.05) is 18.7 Å². The fourth-order valence-electron chi connectivity index (χ4n) is 3.53. The number of amides is 4. The minimum Gasteiger partial charge on any atom is -0.330 e. The van der Waals surface area contributed by atoms with E-state index < -0.39 is 45.5 Å². The molecule has 2 heterocycles. The van der Waals surface area contributed by atoms with Gasteiger partial charge in [-0.25, -0.2) is 4.79 Å². The molecule has 1 N–H and O–H groups in total. The number of hydrogen-bond acceptors (Lipinski definition) is 8. The Hall–Kier alpha value is -2.60. The predicted molar refractivity (Wildman–Crippen MR) is 89.2 cm³/mol. The summed E-state index contributed by atoms with van der Waals surface area (Å²) in [5.41, 5.74) is 0. The van der Waals surface area contributed by atoms with Gasteiger partial charge in [0.1, 0.15) is 0 Å². The first-order valence-electron chi connectivity index (χ1n) is 8.66. The van der Waals surface area contributed by atoms with Crippen LogP contribution in [0.1, 0.15) is 32.1 Å².